The monoisotopic (exact) mass is 325 g/mol. The van der Waals surface area contributed by atoms with E-state index >= 15 is 0 Å². The normalized spacial score (nSPS) is 12.0. The predicted octanol–water partition coefficient (Wildman–Crippen LogP) is 4.25. The molecule has 21 heavy (non-hydrogen) atoms. The van der Waals surface area contributed by atoms with E-state index in [4.69, 9.17) is 38.4 Å². The van der Waals surface area contributed by atoms with Crippen LogP contribution in [0.3, 0.4) is 0 Å². The van der Waals surface area contributed by atoms with Crippen molar-refractivity contribution in [1.82, 2.24) is 0 Å². The molecule has 3 nitrogen and oxygen atoms in total. The van der Waals surface area contributed by atoms with Gasteiger partial charge in [0.05, 0.1) is 14.2 Å². The molecule has 0 saturated carbocycles. The molecular formula is C16H17Cl2NO2. The molecule has 0 aromatic heterocycles. The molecule has 0 aliphatic carbocycles. The molecule has 0 aliphatic heterocycles. The number of rotatable bonds is 5. The molecule has 0 fully saturated rings. The van der Waals surface area contributed by atoms with Crippen molar-refractivity contribution in [1.29, 1.82) is 0 Å². The van der Waals surface area contributed by atoms with E-state index in [-0.39, 0.29) is 6.04 Å². The van der Waals surface area contributed by atoms with Crippen LogP contribution in [0, 0.1) is 0 Å². The van der Waals surface area contributed by atoms with Crippen molar-refractivity contribution in [2.45, 2.75) is 12.5 Å². The van der Waals surface area contributed by atoms with E-state index in [1.807, 2.05) is 30.3 Å². The minimum Gasteiger partial charge on any atom is -0.493 e. The lowest BCUT2D eigenvalue weighted by Gasteiger charge is -2.17. The fraction of sp³-hybridized carbons (Fsp3) is 0.250. The Balaban J connectivity index is 2.28. The third-order valence-corrected chi connectivity index (χ3v) is 3.81. The van der Waals surface area contributed by atoms with E-state index < -0.39 is 0 Å². The summed E-state index contributed by atoms with van der Waals surface area (Å²) >= 11 is 12.3. The third kappa shape index (κ3) is 3.82. The Bertz CT molecular complexity index is 632. The third-order valence-electron chi connectivity index (χ3n) is 3.25. The number of benzene rings is 2. The molecule has 0 amide bonds. The molecule has 0 radical (unpaired) electrons. The number of nitrogens with two attached hydrogens (primary N) is 1. The zero-order chi connectivity index (χ0) is 15.4. The van der Waals surface area contributed by atoms with E-state index in [0.717, 1.165) is 11.1 Å². The van der Waals surface area contributed by atoms with Gasteiger partial charge in [-0.1, -0.05) is 35.3 Å². The van der Waals surface area contributed by atoms with Crippen LogP contribution in [-0.2, 0) is 6.42 Å². The molecule has 0 saturated heterocycles. The smallest absolute Gasteiger partial charge is 0.162 e. The first-order valence-electron chi connectivity index (χ1n) is 6.46. The van der Waals surface area contributed by atoms with Crippen molar-refractivity contribution in [3.63, 3.8) is 0 Å². The van der Waals surface area contributed by atoms with Gasteiger partial charge in [0, 0.05) is 22.2 Å². The molecule has 0 heterocycles. The molecule has 0 spiro atoms. The Labute approximate surface area is 134 Å². The highest BCUT2D eigenvalue weighted by molar-refractivity contribution is 6.31. The molecule has 2 aromatic rings. The molecule has 112 valence electrons. The molecule has 1 unspecified atom stereocenters. The highest BCUT2D eigenvalue weighted by atomic mass is 35.5. The lowest BCUT2D eigenvalue weighted by molar-refractivity contribution is 0.354. The molecule has 2 rings (SSSR count). The van der Waals surface area contributed by atoms with Crippen LogP contribution >= 0.6 is 23.2 Å². The number of methoxy groups -OCH3 is 2. The molecule has 5 heteroatoms. The second kappa shape index (κ2) is 7.03. The van der Waals surface area contributed by atoms with Gasteiger partial charge in [-0.2, -0.15) is 0 Å². The summed E-state index contributed by atoms with van der Waals surface area (Å²) in [6.45, 7) is 0. The first-order valence-corrected chi connectivity index (χ1v) is 7.22. The van der Waals surface area contributed by atoms with Gasteiger partial charge >= 0.3 is 0 Å². The minimum absolute atomic E-state index is 0.254. The summed E-state index contributed by atoms with van der Waals surface area (Å²) in [5.41, 5.74) is 8.14. The van der Waals surface area contributed by atoms with Crippen LogP contribution in [0.25, 0.3) is 0 Å². The van der Waals surface area contributed by atoms with Crippen LogP contribution in [0.1, 0.15) is 17.2 Å². The van der Waals surface area contributed by atoms with Crippen LogP contribution in [0.5, 0.6) is 11.5 Å². The molecule has 0 bridgehead atoms. The minimum atomic E-state index is -0.254. The number of hydrogen-bond acceptors (Lipinski definition) is 3. The van der Waals surface area contributed by atoms with Crippen molar-refractivity contribution >= 4 is 23.2 Å². The van der Waals surface area contributed by atoms with Gasteiger partial charge in [-0.25, -0.2) is 0 Å². The van der Waals surface area contributed by atoms with Gasteiger partial charge in [0.25, 0.3) is 0 Å². The van der Waals surface area contributed by atoms with Crippen LogP contribution < -0.4 is 15.2 Å². The van der Waals surface area contributed by atoms with E-state index in [0.29, 0.717) is 28.0 Å². The highest BCUT2D eigenvalue weighted by Crippen LogP contribution is 2.36. The number of hydrogen-bond donors (Lipinski definition) is 1. The maximum absolute atomic E-state index is 6.29. The summed E-state index contributed by atoms with van der Waals surface area (Å²) in [5.74, 6) is 1.19. The van der Waals surface area contributed by atoms with Gasteiger partial charge in [0.15, 0.2) is 11.5 Å². The number of halogens is 2. The quantitative estimate of drug-likeness (QED) is 0.893. The van der Waals surface area contributed by atoms with E-state index in [9.17, 15) is 0 Å². The van der Waals surface area contributed by atoms with Gasteiger partial charge in [-0.05, 0) is 35.7 Å². The molecule has 1 atom stereocenters. The Kier molecular flexibility index (Phi) is 5.34. The van der Waals surface area contributed by atoms with E-state index in [2.05, 4.69) is 0 Å². The lowest BCUT2D eigenvalue weighted by atomic mass is 9.99. The second-order valence-electron chi connectivity index (χ2n) is 4.67. The Morgan fingerprint density at radius 2 is 1.71 bits per heavy atom. The van der Waals surface area contributed by atoms with Gasteiger partial charge in [0.1, 0.15) is 0 Å². The molecule has 0 aliphatic rings. The van der Waals surface area contributed by atoms with Gasteiger partial charge in [-0.15, -0.1) is 0 Å². The maximum Gasteiger partial charge on any atom is 0.162 e. The largest absolute Gasteiger partial charge is 0.493 e. The van der Waals surface area contributed by atoms with Crippen molar-refractivity contribution in [3.8, 4) is 11.5 Å². The summed E-state index contributed by atoms with van der Waals surface area (Å²) in [4.78, 5) is 0. The first kappa shape index (κ1) is 16.0. The maximum atomic E-state index is 6.29. The van der Waals surface area contributed by atoms with Crippen LogP contribution in [-0.4, -0.2) is 14.2 Å². The molecule has 2 N–H and O–H groups in total. The average molecular weight is 326 g/mol. The first-order chi connectivity index (χ1) is 10.0. The SMILES string of the molecule is COc1cc(Cl)c(C(N)Cc2cccc(Cl)c2)cc1OC. The van der Waals surface area contributed by atoms with E-state index in [1.54, 1.807) is 20.3 Å². The zero-order valence-electron chi connectivity index (χ0n) is 11.9. The fourth-order valence-electron chi connectivity index (χ4n) is 2.18. The van der Waals surface area contributed by atoms with Crippen molar-refractivity contribution in [3.05, 3.63) is 57.6 Å². The predicted molar refractivity (Wildman–Crippen MR) is 86.6 cm³/mol. The van der Waals surface area contributed by atoms with E-state index in [1.165, 1.54) is 0 Å². The van der Waals surface area contributed by atoms with Crippen molar-refractivity contribution in [2.24, 2.45) is 5.73 Å². The number of ether oxygens (including phenoxy) is 2. The zero-order valence-corrected chi connectivity index (χ0v) is 13.4. The van der Waals surface area contributed by atoms with Crippen LogP contribution in [0.2, 0.25) is 10.0 Å². The Morgan fingerprint density at radius 3 is 2.33 bits per heavy atom. The second-order valence-corrected chi connectivity index (χ2v) is 5.51. The molecule has 2 aromatic carbocycles. The van der Waals surface area contributed by atoms with Crippen LogP contribution in [0.4, 0.5) is 0 Å². The lowest BCUT2D eigenvalue weighted by Crippen LogP contribution is -2.14. The Hall–Kier alpha value is -1.42. The average Bonchev–Trinajstić information content (AvgIpc) is 2.46. The summed E-state index contributed by atoms with van der Waals surface area (Å²) in [6.07, 6.45) is 0.635. The van der Waals surface area contributed by atoms with Crippen molar-refractivity contribution in [2.75, 3.05) is 14.2 Å². The topological polar surface area (TPSA) is 44.5 Å². The van der Waals surface area contributed by atoms with Gasteiger partial charge < -0.3 is 15.2 Å². The van der Waals surface area contributed by atoms with Gasteiger partial charge in [0.2, 0.25) is 0 Å². The summed E-state index contributed by atoms with van der Waals surface area (Å²) in [5, 5.41) is 1.25. The summed E-state index contributed by atoms with van der Waals surface area (Å²) < 4.78 is 10.5. The highest BCUT2D eigenvalue weighted by Gasteiger charge is 2.16. The Morgan fingerprint density at radius 1 is 1.05 bits per heavy atom. The molecular weight excluding hydrogens is 309 g/mol. The van der Waals surface area contributed by atoms with Crippen LogP contribution in [0.15, 0.2) is 36.4 Å². The summed E-state index contributed by atoms with van der Waals surface area (Å²) in [6, 6.07) is 10.9. The fourth-order valence-corrected chi connectivity index (χ4v) is 2.69. The standard InChI is InChI=1S/C16H17Cl2NO2/c1-20-15-8-12(13(18)9-16(15)21-2)14(19)7-10-4-3-5-11(17)6-10/h3-6,8-9,14H,7,19H2,1-2H3. The summed E-state index contributed by atoms with van der Waals surface area (Å²) in [7, 11) is 3.15. The van der Waals surface area contributed by atoms with Gasteiger partial charge in [-0.3, -0.25) is 0 Å². The van der Waals surface area contributed by atoms with Crippen molar-refractivity contribution < 1.29 is 9.47 Å².